The van der Waals surface area contributed by atoms with Crippen molar-refractivity contribution in [2.75, 3.05) is 0 Å². The standard InChI is InChI=1S/C10H14O4.CH4/c1-5-7(3)13-10(14-8(4)11)6(2)9(5)12;/h5,7H,1-4H3;1H4. The van der Waals surface area contributed by atoms with Crippen LogP contribution in [0.3, 0.4) is 0 Å². The van der Waals surface area contributed by atoms with Gasteiger partial charge in [-0.2, -0.15) is 0 Å². The number of rotatable bonds is 1. The summed E-state index contributed by atoms with van der Waals surface area (Å²) in [6.45, 7) is 6.44. The third kappa shape index (κ3) is 2.81. The molecule has 2 atom stereocenters. The molecule has 1 aliphatic rings. The van der Waals surface area contributed by atoms with Crippen molar-refractivity contribution in [3.05, 3.63) is 11.5 Å². The lowest BCUT2D eigenvalue weighted by molar-refractivity contribution is -0.148. The Morgan fingerprint density at radius 2 is 1.93 bits per heavy atom. The average molecular weight is 214 g/mol. The van der Waals surface area contributed by atoms with Gasteiger partial charge in [0.05, 0.1) is 11.5 Å². The van der Waals surface area contributed by atoms with E-state index in [1.165, 1.54) is 6.92 Å². The first kappa shape index (κ1) is 13.7. The molecule has 1 rings (SSSR count). The second kappa shape index (κ2) is 4.96. The number of ether oxygens (including phenoxy) is 2. The zero-order valence-corrected chi connectivity index (χ0v) is 8.79. The lowest BCUT2D eigenvalue weighted by Gasteiger charge is -2.27. The zero-order valence-electron chi connectivity index (χ0n) is 8.79. The Morgan fingerprint density at radius 3 is 2.40 bits per heavy atom. The Kier molecular flexibility index (Phi) is 4.52. The molecule has 0 amide bonds. The maximum Gasteiger partial charge on any atom is 0.310 e. The molecule has 4 heteroatoms. The predicted octanol–water partition coefficient (Wildman–Crippen LogP) is 2.04. The number of hydrogen-bond acceptors (Lipinski definition) is 4. The van der Waals surface area contributed by atoms with E-state index < -0.39 is 5.97 Å². The Morgan fingerprint density at radius 1 is 1.40 bits per heavy atom. The van der Waals surface area contributed by atoms with Gasteiger partial charge in [0.2, 0.25) is 0 Å². The number of esters is 1. The lowest BCUT2D eigenvalue weighted by atomic mass is 9.94. The first-order valence-electron chi connectivity index (χ1n) is 4.53. The summed E-state index contributed by atoms with van der Waals surface area (Å²) in [4.78, 5) is 22.3. The van der Waals surface area contributed by atoms with Gasteiger partial charge in [-0.3, -0.25) is 9.59 Å². The molecule has 4 nitrogen and oxygen atoms in total. The van der Waals surface area contributed by atoms with Gasteiger partial charge in [-0.15, -0.1) is 0 Å². The molecule has 0 bridgehead atoms. The van der Waals surface area contributed by atoms with E-state index in [4.69, 9.17) is 9.47 Å². The van der Waals surface area contributed by atoms with Crippen molar-refractivity contribution < 1.29 is 19.1 Å². The minimum absolute atomic E-state index is 0. The molecule has 1 heterocycles. The molecule has 0 aliphatic carbocycles. The minimum atomic E-state index is -0.478. The highest BCUT2D eigenvalue weighted by Crippen LogP contribution is 2.25. The molecule has 0 aromatic rings. The molecule has 0 aromatic carbocycles. The first-order valence-corrected chi connectivity index (χ1v) is 4.53. The summed E-state index contributed by atoms with van der Waals surface area (Å²) < 4.78 is 10.1. The molecular weight excluding hydrogens is 196 g/mol. The van der Waals surface area contributed by atoms with E-state index in [1.54, 1.807) is 20.8 Å². The van der Waals surface area contributed by atoms with Crippen molar-refractivity contribution >= 4 is 11.8 Å². The lowest BCUT2D eigenvalue weighted by Crippen LogP contribution is -2.33. The van der Waals surface area contributed by atoms with Crippen LogP contribution in [0.1, 0.15) is 35.1 Å². The molecule has 0 spiro atoms. The van der Waals surface area contributed by atoms with Gasteiger partial charge in [0.15, 0.2) is 5.78 Å². The van der Waals surface area contributed by atoms with Crippen LogP contribution in [0.2, 0.25) is 0 Å². The number of hydrogen-bond donors (Lipinski definition) is 0. The summed E-state index contributed by atoms with van der Waals surface area (Å²) in [6, 6.07) is 0. The molecule has 0 aromatic heterocycles. The summed E-state index contributed by atoms with van der Waals surface area (Å²) in [6.07, 6.45) is -0.249. The van der Waals surface area contributed by atoms with Gasteiger partial charge in [0.1, 0.15) is 6.10 Å². The highest BCUT2D eigenvalue weighted by atomic mass is 16.7. The molecule has 2 unspecified atom stereocenters. The van der Waals surface area contributed by atoms with Crippen molar-refractivity contribution in [1.82, 2.24) is 0 Å². The maximum absolute atomic E-state index is 11.6. The van der Waals surface area contributed by atoms with E-state index in [0.29, 0.717) is 5.57 Å². The van der Waals surface area contributed by atoms with Crippen LogP contribution in [0.5, 0.6) is 0 Å². The second-order valence-corrected chi connectivity index (χ2v) is 3.48. The third-order valence-electron chi connectivity index (χ3n) is 2.32. The van der Waals surface area contributed by atoms with Crippen molar-refractivity contribution in [2.45, 2.75) is 41.2 Å². The minimum Gasteiger partial charge on any atom is -0.461 e. The van der Waals surface area contributed by atoms with Gasteiger partial charge in [0.25, 0.3) is 5.95 Å². The SMILES string of the molecule is C.CC(=O)OC1=C(C)C(=O)C(C)C(C)O1. The predicted molar refractivity (Wildman–Crippen MR) is 55.9 cm³/mol. The molecule has 15 heavy (non-hydrogen) atoms. The molecule has 86 valence electrons. The van der Waals surface area contributed by atoms with Crippen molar-refractivity contribution in [3.8, 4) is 0 Å². The number of carbonyl (C=O) groups excluding carboxylic acids is 2. The molecule has 0 fully saturated rings. The first-order chi connectivity index (χ1) is 6.43. The van der Waals surface area contributed by atoms with E-state index >= 15 is 0 Å². The number of allylic oxidation sites excluding steroid dienone is 1. The monoisotopic (exact) mass is 214 g/mol. The van der Waals surface area contributed by atoms with E-state index in [-0.39, 0.29) is 31.2 Å². The Balaban J connectivity index is 0.00000196. The van der Waals surface area contributed by atoms with E-state index in [0.717, 1.165) is 0 Å². The fourth-order valence-electron chi connectivity index (χ4n) is 1.25. The van der Waals surface area contributed by atoms with Gasteiger partial charge < -0.3 is 9.47 Å². The van der Waals surface area contributed by atoms with Crippen LogP contribution in [0, 0.1) is 5.92 Å². The van der Waals surface area contributed by atoms with E-state index in [2.05, 4.69) is 0 Å². The summed E-state index contributed by atoms with van der Waals surface area (Å²) in [5, 5.41) is 0. The van der Waals surface area contributed by atoms with Crippen LogP contribution >= 0.6 is 0 Å². The number of ketones is 1. The van der Waals surface area contributed by atoms with Crippen molar-refractivity contribution in [2.24, 2.45) is 5.92 Å². The third-order valence-corrected chi connectivity index (χ3v) is 2.32. The summed E-state index contributed by atoms with van der Waals surface area (Å²) in [7, 11) is 0. The van der Waals surface area contributed by atoms with Gasteiger partial charge in [-0.05, 0) is 13.8 Å². The smallest absolute Gasteiger partial charge is 0.310 e. The fourth-order valence-corrected chi connectivity index (χ4v) is 1.25. The molecular formula is C11H18O4. The molecule has 0 N–H and O–H groups in total. The summed E-state index contributed by atoms with van der Waals surface area (Å²) in [5.41, 5.74) is 0.380. The molecule has 0 saturated carbocycles. The van der Waals surface area contributed by atoms with Crippen LogP contribution in [-0.4, -0.2) is 17.9 Å². The Hall–Kier alpha value is -1.32. The van der Waals surface area contributed by atoms with Gasteiger partial charge in [-0.1, -0.05) is 14.4 Å². The normalized spacial score (nSPS) is 25.5. The van der Waals surface area contributed by atoms with Gasteiger partial charge >= 0.3 is 5.97 Å². The van der Waals surface area contributed by atoms with Crippen LogP contribution in [0.4, 0.5) is 0 Å². The average Bonchev–Trinajstić information content (AvgIpc) is 2.10. The maximum atomic E-state index is 11.6. The quantitative estimate of drug-likeness (QED) is 0.627. The zero-order chi connectivity index (χ0) is 10.9. The number of carbonyl (C=O) groups is 2. The highest BCUT2D eigenvalue weighted by Gasteiger charge is 2.32. The van der Waals surface area contributed by atoms with Crippen LogP contribution < -0.4 is 0 Å². The summed E-state index contributed by atoms with van der Waals surface area (Å²) >= 11 is 0. The van der Waals surface area contributed by atoms with Gasteiger partial charge in [-0.25, -0.2) is 0 Å². The van der Waals surface area contributed by atoms with E-state index in [1.807, 2.05) is 0 Å². The Bertz CT molecular complexity index is 304. The number of Topliss-reactive ketones (excluding diaryl/α,β-unsaturated/α-hetero) is 1. The highest BCUT2D eigenvalue weighted by molar-refractivity contribution is 5.97. The molecule has 1 aliphatic heterocycles. The fraction of sp³-hybridized carbons (Fsp3) is 0.636. The summed E-state index contributed by atoms with van der Waals surface area (Å²) in [5.74, 6) is -0.642. The van der Waals surface area contributed by atoms with Crippen LogP contribution in [0.25, 0.3) is 0 Å². The van der Waals surface area contributed by atoms with Gasteiger partial charge in [0, 0.05) is 6.92 Å². The van der Waals surface area contributed by atoms with Crippen molar-refractivity contribution in [1.29, 1.82) is 0 Å². The molecule has 0 radical (unpaired) electrons. The van der Waals surface area contributed by atoms with E-state index in [9.17, 15) is 9.59 Å². The van der Waals surface area contributed by atoms with Crippen molar-refractivity contribution in [3.63, 3.8) is 0 Å². The molecule has 0 saturated heterocycles. The van der Waals surface area contributed by atoms with Crippen LogP contribution in [-0.2, 0) is 19.1 Å². The Labute approximate surface area is 90.2 Å². The van der Waals surface area contributed by atoms with Crippen LogP contribution in [0.15, 0.2) is 11.5 Å². The largest absolute Gasteiger partial charge is 0.461 e. The second-order valence-electron chi connectivity index (χ2n) is 3.48. The topological polar surface area (TPSA) is 52.6 Å².